The summed E-state index contributed by atoms with van der Waals surface area (Å²) in [5.41, 5.74) is 2.54. The van der Waals surface area contributed by atoms with Gasteiger partial charge in [-0.2, -0.15) is 0 Å². The van der Waals surface area contributed by atoms with E-state index in [9.17, 15) is 0 Å². The van der Waals surface area contributed by atoms with Crippen molar-refractivity contribution in [2.24, 2.45) is 5.84 Å². The Morgan fingerprint density at radius 1 is 1.10 bits per heavy atom. The summed E-state index contributed by atoms with van der Waals surface area (Å²) in [7, 11) is 0. The summed E-state index contributed by atoms with van der Waals surface area (Å²) in [6.07, 6.45) is 0.906. The third-order valence-corrected chi connectivity index (χ3v) is 3.74. The van der Waals surface area contributed by atoms with E-state index < -0.39 is 0 Å². The van der Waals surface area contributed by atoms with E-state index in [1.165, 1.54) is 0 Å². The first-order valence-corrected chi connectivity index (χ1v) is 7.18. The number of fused-ring (bicyclic) bond motifs is 1. The second-order valence-corrected chi connectivity index (χ2v) is 5.36. The normalized spacial score (nSPS) is 13.7. The van der Waals surface area contributed by atoms with Gasteiger partial charge in [-0.15, -0.1) is 0 Å². The molecule has 2 aromatic rings. The van der Waals surface area contributed by atoms with Crippen LogP contribution in [0.3, 0.4) is 0 Å². The highest BCUT2D eigenvalue weighted by Crippen LogP contribution is 2.36. The fraction of sp³-hybridized carbons (Fsp3) is 0.214. The predicted molar refractivity (Wildman–Crippen MR) is 78.2 cm³/mol. The van der Waals surface area contributed by atoms with E-state index in [1.54, 1.807) is 11.8 Å². The number of aromatic nitrogens is 1. The SMILES string of the molecule is NNc1cccc(Sc2ccc3c(c2)OCCCO3)n1. The van der Waals surface area contributed by atoms with Crippen molar-refractivity contribution in [1.29, 1.82) is 0 Å². The van der Waals surface area contributed by atoms with Gasteiger partial charge in [-0.3, -0.25) is 0 Å². The van der Waals surface area contributed by atoms with Crippen LogP contribution in [0.2, 0.25) is 0 Å². The highest BCUT2D eigenvalue weighted by atomic mass is 32.2. The first-order valence-electron chi connectivity index (χ1n) is 6.36. The van der Waals surface area contributed by atoms with Crippen LogP contribution in [0.1, 0.15) is 6.42 Å². The zero-order chi connectivity index (χ0) is 13.8. The number of nitrogen functional groups attached to an aromatic ring is 1. The summed E-state index contributed by atoms with van der Waals surface area (Å²) < 4.78 is 11.3. The number of rotatable bonds is 3. The van der Waals surface area contributed by atoms with Crippen LogP contribution in [-0.2, 0) is 0 Å². The quantitative estimate of drug-likeness (QED) is 0.669. The van der Waals surface area contributed by atoms with E-state index in [1.807, 2.05) is 36.4 Å². The Balaban J connectivity index is 1.82. The molecule has 3 rings (SSSR count). The van der Waals surface area contributed by atoms with Crippen molar-refractivity contribution in [3.8, 4) is 11.5 Å². The van der Waals surface area contributed by atoms with Crippen LogP contribution < -0.4 is 20.7 Å². The standard InChI is InChI=1S/C14H15N3O2S/c15-17-13-3-1-4-14(16-13)20-10-5-6-11-12(9-10)19-8-2-7-18-11/h1,3-6,9H,2,7-8,15H2,(H,16,17). The number of nitrogens with zero attached hydrogens (tertiary/aromatic N) is 1. The van der Waals surface area contributed by atoms with Gasteiger partial charge in [0.05, 0.1) is 13.2 Å². The molecular formula is C14H15N3O2S. The van der Waals surface area contributed by atoms with Crippen LogP contribution >= 0.6 is 11.8 Å². The molecule has 1 aromatic heterocycles. The Hall–Kier alpha value is -1.92. The lowest BCUT2D eigenvalue weighted by Crippen LogP contribution is -2.08. The van der Waals surface area contributed by atoms with Gasteiger partial charge < -0.3 is 14.9 Å². The molecule has 2 heterocycles. The van der Waals surface area contributed by atoms with Crippen molar-refractivity contribution in [3.05, 3.63) is 36.4 Å². The average molecular weight is 289 g/mol. The molecule has 0 saturated carbocycles. The van der Waals surface area contributed by atoms with E-state index in [0.717, 1.165) is 27.8 Å². The van der Waals surface area contributed by atoms with Crippen LogP contribution in [0.15, 0.2) is 46.3 Å². The summed E-state index contributed by atoms with van der Waals surface area (Å²) in [6.45, 7) is 1.39. The minimum atomic E-state index is 0.643. The zero-order valence-electron chi connectivity index (χ0n) is 10.8. The van der Waals surface area contributed by atoms with Crippen molar-refractivity contribution in [3.63, 3.8) is 0 Å². The van der Waals surface area contributed by atoms with Crippen LogP contribution in [0.4, 0.5) is 5.82 Å². The lowest BCUT2D eigenvalue weighted by molar-refractivity contribution is 0.297. The smallest absolute Gasteiger partial charge is 0.162 e. The maximum Gasteiger partial charge on any atom is 0.162 e. The molecule has 0 bridgehead atoms. The molecule has 104 valence electrons. The topological polar surface area (TPSA) is 69.4 Å². The van der Waals surface area contributed by atoms with Crippen molar-refractivity contribution in [2.45, 2.75) is 16.3 Å². The van der Waals surface area contributed by atoms with Gasteiger partial charge in [-0.05, 0) is 30.3 Å². The molecule has 0 amide bonds. The molecule has 6 heteroatoms. The third-order valence-electron chi connectivity index (χ3n) is 2.81. The molecule has 1 aliphatic heterocycles. The zero-order valence-corrected chi connectivity index (χ0v) is 11.7. The molecule has 3 N–H and O–H groups in total. The summed E-state index contributed by atoms with van der Waals surface area (Å²) in [4.78, 5) is 5.42. The number of hydrogen-bond donors (Lipinski definition) is 2. The van der Waals surface area contributed by atoms with Gasteiger partial charge in [0.15, 0.2) is 11.5 Å². The summed E-state index contributed by atoms with van der Waals surface area (Å²) in [5, 5.41) is 0.870. The Kier molecular flexibility index (Phi) is 3.94. The molecule has 0 aliphatic carbocycles. The largest absolute Gasteiger partial charge is 0.490 e. The Labute approximate surface area is 121 Å². The molecule has 0 saturated heterocycles. The number of anilines is 1. The van der Waals surface area contributed by atoms with Crippen LogP contribution in [0.5, 0.6) is 11.5 Å². The number of nitrogens with two attached hydrogens (primary N) is 1. The molecule has 0 spiro atoms. The molecule has 20 heavy (non-hydrogen) atoms. The van der Waals surface area contributed by atoms with Gasteiger partial charge in [0.1, 0.15) is 10.8 Å². The first-order chi connectivity index (χ1) is 9.85. The molecule has 0 radical (unpaired) electrons. The van der Waals surface area contributed by atoms with E-state index in [0.29, 0.717) is 19.0 Å². The molecule has 1 aromatic carbocycles. The van der Waals surface area contributed by atoms with Crippen molar-refractivity contribution in [2.75, 3.05) is 18.6 Å². The van der Waals surface area contributed by atoms with Crippen LogP contribution in [0, 0.1) is 0 Å². The van der Waals surface area contributed by atoms with Crippen LogP contribution in [-0.4, -0.2) is 18.2 Å². The maximum absolute atomic E-state index is 5.68. The lowest BCUT2D eigenvalue weighted by Gasteiger charge is -2.09. The van der Waals surface area contributed by atoms with E-state index >= 15 is 0 Å². The lowest BCUT2D eigenvalue weighted by atomic mass is 10.3. The maximum atomic E-state index is 5.68. The van der Waals surface area contributed by atoms with Crippen molar-refractivity contribution in [1.82, 2.24) is 4.98 Å². The van der Waals surface area contributed by atoms with E-state index in [4.69, 9.17) is 15.3 Å². The van der Waals surface area contributed by atoms with Gasteiger partial charge >= 0.3 is 0 Å². The highest BCUT2D eigenvalue weighted by molar-refractivity contribution is 7.99. The fourth-order valence-corrected chi connectivity index (χ4v) is 2.71. The van der Waals surface area contributed by atoms with Crippen LogP contribution in [0.25, 0.3) is 0 Å². The number of nitrogens with one attached hydrogen (secondary N) is 1. The minimum Gasteiger partial charge on any atom is -0.490 e. The summed E-state index contributed by atoms with van der Waals surface area (Å²) in [6, 6.07) is 11.6. The first kappa shape index (κ1) is 13.1. The monoisotopic (exact) mass is 289 g/mol. The van der Waals surface area contributed by atoms with Gasteiger partial charge in [0.25, 0.3) is 0 Å². The Bertz CT molecular complexity index is 607. The van der Waals surface area contributed by atoms with Gasteiger partial charge in [-0.1, -0.05) is 17.8 Å². The Morgan fingerprint density at radius 3 is 2.80 bits per heavy atom. The number of hydrogen-bond acceptors (Lipinski definition) is 6. The van der Waals surface area contributed by atoms with Gasteiger partial charge in [0, 0.05) is 11.3 Å². The molecular weight excluding hydrogens is 274 g/mol. The highest BCUT2D eigenvalue weighted by Gasteiger charge is 2.11. The van der Waals surface area contributed by atoms with E-state index in [-0.39, 0.29) is 0 Å². The van der Waals surface area contributed by atoms with Gasteiger partial charge in [-0.25, -0.2) is 10.8 Å². The fourth-order valence-electron chi connectivity index (χ4n) is 1.88. The number of pyridine rings is 1. The Morgan fingerprint density at radius 2 is 1.95 bits per heavy atom. The predicted octanol–water partition coefficient (Wildman–Crippen LogP) is 2.68. The molecule has 5 nitrogen and oxygen atoms in total. The number of benzene rings is 1. The van der Waals surface area contributed by atoms with Gasteiger partial charge in [0.2, 0.25) is 0 Å². The molecule has 0 unspecified atom stereocenters. The number of hydrazine groups is 1. The summed E-state index contributed by atoms with van der Waals surface area (Å²) in [5.74, 6) is 7.60. The molecule has 0 fully saturated rings. The minimum absolute atomic E-state index is 0.643. The number of ether oxygens (including phenoxy) is 2. The third kappa shape index (κ3) is 2.97. The summed E-state index contributed by atoms with van der Waals surface area (Å²) >= 11 is 1.55. The molecule has 1 aliphatic rings. The van der Waals surface area contributed by atoms with Crippen molar-refractivity contribution >= 4 is 17.6 Å². The molecule has 0 atom stereocenters. The second-order valence-electron chi connectivity index (χ2n) is 4.27. The average Bonchev–Trinajstić information content (AvgIpc) is 2.72. The second kappa shape index (κ2) is 6.02. The van der Waals surface area contributed by atoms with Crippen molar-refractivity contribution < 1.29 is 9.47 Å². The van der Waals surface area contributed by atoms with E-state index in [2.05, 4.69) is 10.4 Å².